The summed E-state index contributed by atoms with van der Waals surface area (Å²) in [6.45, 7) is 9.29. The molecule has 2 aliphatic rings. The average Bonchev–Trinajstić information content (AvgIpc) is 2.67. The van der Waals surface area contributed by atoms with Crippen LogP contribution in [0.3, 0.4) is 0 Å². The van der Waals surface area contributed by atoms with Crippen LogP contribution in [0.4, 0.5) is 0 Å². The predicted molar refractivity (Wildman–Crippen MR) is 114 cm³/mol. The Morgan fingerprint density at radius 1 is 0.667 bits per heavy atom. The molecule has 0 spiro atoms. The van der Waals surface area contributed by atoms with Crippen molar-refractivity contribution in [2.45, 2.75) is 52.7 Å². The predicted octanol–water partition coefficient (Wildman–Crippen LogP) is 6.77. The molecule has 0 amide bonds. The molecule has 27 heavy (non-hydrogen) atoms. The van der Waals surface area contributed by atoms with E-state index in [4.69, 9.17) is 4.74 Å². The van der Waals surface area contributed by atoms with Crippen molar-refractivity contribution in [2.75, 3.05) is 0 Å². The lowest BCUT2D eigenvalue weighted by Crippen LogP contribution is -2.53. The van der Waals surface area contributed by atoms with Crippen LogP contribution in [0.25, 0.3) is 12.2 Å². The summed E-state index contributed by atoms with van der Waals surface area (Å²) in [6, 6.07) is 21.2. The fraction of sp³-hybridized carbons (Fsp3) is 0.385. The van der Waals surface area contributed by atoms with Gasteiger partial charge in [-0.15, -0.1) is 0 Å². The normalized spacial score (nSPS) is 28.6. The van der Waals surface area contributed by atoms with Gasteiger partial charge in [-0.3, -0.25) is 0 Å². The molecule has 4 rings (SSSR count). The lowest BCUT2D eigenvalue weighted by molar-refractivity contribution is -0.145. The zero-order valence-corrected chi connectivity index (χ0v) is 16.9. The van der Waals surface area contributed by atoms with Gasteiger partial charge in [0.15, 0.2) is 0 Å². The topological polar surface area (TPSA) is 9.23 Å². The average molecular weight is 359 g/mol. The fourth-order valence-electron chi connectivity index (χ4n) is 4.21. The van der Waals surface area contributed by atoms with Crippen LogP contribution in [-0.2, 0) is 4.74 Å². The highest BCUT2D eigenvalue weighted by Gasteiger charge is 2.51. The second-order valence-electron chi connectivity index (χ2n) is 9.13. The molecule has 0 aromatic heterocycles. The van der Waals surface area contributed by atoms with E-state index in [1.807, 2.05) is 0 Å². The lowest BCUT2D eigenvalue weighted by Gasteiger charge is -2.54. The van der Waals surface area contributed by atoms with E-state index in [0.29, 0.717) is 12.2 Å². The van der Waals surface area contributed by atoms with Crippen molar-refractivity contribution in [1.82, 2.24) is 0 Å². The number of hydrogen-bond donors (Lipinski definition) is 0. The number of hydrogen-bond acceptors (Lipinski definition) is 1. The van der Waals surface area contributed by atoms with Crippen LogP contribution in [0.5, 0.6) is 0 Å². The molecule has 1 nitrogen and oxygen atoms in total. The molecular formula is C26H30O. The first kappa shape index (κ1) is 18.3. The molecule has 140 valence electrons. The summed E-state index contributed by atoms with van der Waals surface area (Å²) < 4.78 is 6.61. The van der Waals surface area contributed by atoms with Gasteiger partial charge in [0.2, 0.25) is 0 Å². The molecule has 1 heteroatoms. The van der Waals surface area contributed by atoms with E-state index in [9.17, 15) is 0 Å². The maximum Gasteiger partial charge on any atom is 0.0704 e. The minimum absolute atomic E-state index is 0.116. The maximum atomic E-state index is 6.61. The molecular weight excluding hydrogens is 328 g/mol. The van der Waals surface area contributed by atoms with E-state index in [2.05, 4.69) is 101 Å². The van der Waals surface area contributed by atoms with Gasteiger partial charge in [0.25, 0.3) is 0 Å². The van der Waals surface area contributed by atoms with Crippen molar-refractivity contribution < 1.29 is 4.74 Å². The molecule has 2 saturated carbocycles. The first-order valence-electron chi connectivity index (χ1n) is 10.0. The van der Waals surface area contributed by atoms with Gasteiger partial charge < -0.3 is 4.74 Å². The van der Waals surface area contributed by atoms with Gasteiger partial charge in [-0.2, -0.15) is 0 Å². The van der Waals surface area contributed by atoms with Gasteiger partial charge in [0, 0.05) is 10.8 Å². The number of rotatable bonds is 4. The highest BCUT2D eigenvalue weighted by molar-refractivity contribution is 5.58. The molecule has 0 radical (unpaired) electrons. The van der Waals surface area contributed by atoms with Crippen LogP contribution >= 0.6 is 0 Å². The molecule has 0 heterocycles. The summed E-state index contributed by atoms with van der Waals surface area (Å²) in [6.07, 6.45) is 7.40. The summed E-state index contributed by atoms with van der Waals surface area (Å²) in [5.74, 6) is 0. The molecule has 2 aromatic carbocycles. The zero-order valence-electron chi connectivity index (χ0n) is 16.9. The second kappa shape index (κ2) is 6.80. The molecule has 2 unspecified atom stereocenters. The smallest absolute Gasteiger partial charge is 0.0704 e. The first-order valence-corrected chi connectivity index (χ1v) is 10.0. The molecule has 0 aliphatic heterocycles. The van der Waals surface area contributed by atoms with E-state index >= 15 is 0 Å². The lowest BCUT2D eigenvalue weighted by atomic mass is 9.61. The van der Waals surface area contributed by atoms with Gasteiger partial charge in [-0.1, -0.05) is 112 Å². The number of benzene rings is 2. The fourth-order valence-corrected chi connectivity index (χ4v) is 4.21. The Morgan fingerprint density at radius 3 is 1.37 bits per heavy atom. The third kappa shape index (κ3) is 3.41. The second-order valence-corrected chi connectivity index (χ2v) is 9.13. The Hall–Kier alpha value is -2.12. The van der Waals surface area contributed by atoms with Crippen LogP contribution in [0, 0.1) is 10.8 Å². The molecule has 2 aromatic rings. The Labute approximate surface area is 163 Å². The van der Waals surface area contributed by atoms with Gasteiger partial charge in [-0.25, -0.2) is 0 Å². The van der Waals surface area contributed by atoms with Gasteiger partial charge in [-0.05, 0) is 24.0 Å². The Bertz CT molecular complexity index is 782. The summed E-state index contributed by atoms with van der Waals surface area (Å²) in [5, 5.41) is 0. The third-order valence-electron chi connectivity index (χ3n) is 6.69. The van der Waals surface area contributed by atoms with Gasteiger partial charge in [0.1, 0.15) is 0 Å². The van der Waals surface area contributed by atoms with Crippen molar-refractivity contribution in [3.8, 4) is 0 Å². The summed E-state index contributed by atoms with van der Waals surface area (Å²) in [5.41, 5.74) is 5.80. The van der Waals surface area contributed by atoms with Crippen molar-refractivity contribution in [2.24, 2.45) is 10.8 Å². The molecule has 0 bridgehead atoms. The van der Waals surface area contributed by atoms with Gasteiger partial charge >= 0.3 is 0 Å². The van der Waals surface area contributed by atoms with Crippen molar-refractivity contribution in [3.63, 3.8) is 0 Å². The van der Waals surface area contributed by atoms with Crippen LogP contribution < -0.4 is 0 Å². The first-order chi connectivity index (χ1) is 12.9. The molecule has 0 N–H and O–H groups in total. The highest BCUT2D eigenvalue weighted by Crippen LogP contribution is 2.54. The van der Waals surface area contributed by atoms with Gasteiger partial charge in [0.05, 0.1) is 12.2 Å². The standard InChI is InChI=1S/C26H30O/c1-25(2)21(15-19-11-7-5-8-12-19)17-23(25)27-24-18-22(26(24,3)4)16-20-13-9-6-10-14-20/h5-16,23-24H,17-18H2,1-4H3/b21-15-,22-16-. The van der Waals surface area contributed by atoms with Crippen molar-refractivity contribution in [3.05, 3.63) is 82.9 Å². The van der Waals surface area contributed by atoms with E-state index in [-0.39, 0.29) is 10.8 Å². The van der Waals surface area contributed by atoms with Crippen LogP contribution in [0.1, 0.15) is 51.7 Å². The number of ether oxygens (including phenoxy) is 1. The summed E-state index contributed by atoms with van der Waals surface area (Å²) in [4.78, 5) is 0. The third-order valence-corrected chi connectivity index (χ3v) is 6.69. The minimum Gasteiger partial charge on any atom is -0.373 e. The minimum atomic E-state index is 0.116. The Balaban J connectivity index is 1.41. The summed E-state index contributed by atoms with van der Waals surface area (Å²) >= 11 is 0. The van der Waals surface area contributed by atoms with Crippen LogP contribution in [0.15, 0.2) is 71.8 Å². The summed E-state index contributed by atoms with van der Waals surface area (Å²) in [7, 11) is 0. The van der Waals surface area contributed by atoms with Crippen molar-refractivity contribution in [1.29, 1.82) is 0 Å². The highest BCUT2D eigenvalue weighted by atomic mass is 16.5. The largest absolute Gasteiger partial charge is 0.373 e. The van der Waals surface area contributed by atoms with E-state index in [0.717, 1.165) is 12.8 Å². The molecule has 2 fully saturated rings. The SMILES string of the molecule is CC1(C)/C(=C\c2ccccc2)CC1OC1C/C(=C/c2ccccc2)C1(C)C. The van der Waals surface area contributed by atoms with Crippen LogP contribution in [0.2, 0.25) is 0 Å². The zero-order chi connectivity index (χ0) is 19.1. The Kier molecular flexibility index (Phi) is 4.60. The molecule has 0 saturated heterocycles. The van der Waals surface area contributed by atoms with Crippen molar-refractivity contribution >= 4 is 12.2 Å². The quantitative estimate of drug-likeness (QED) is 0.586. The monoisotopic (exact) mass is 358 g/mol. The van der Waals surface area contributed by atoms with E-state index in [1.165, 1.54) is 22.3 Å². The Morgan fingerprint density at radius 2 is 1.04 bits per heavy atom. The van der Waals surface area contributed by atoms with Crippen LogP contribution in [-0.4, -0.2) is 12.2 Å². The van der Waals surface area contributed by atoms with E-state index < -0.39 is 0 Å². The molecule has 2 aliphatic carbocycles. The maximum absolute atomic E-state index is 6.61. The molecule has 2 atom stereocenters. The van der Waals surface area contributed by atoms with E-state index in [1.54, 1.807) is 0 Å².